The quantitative estimate of drug-likeness (QED) is 0.815. The minimum atomic E-state index is -0.385. The summed E-state index contributed by atoms with van der Waals surface area (Å²) in [6.45, 7) is 2.81. The molecular formula is C22H26N2O3. The maximum Gasteiger partial charge on any atom is 0.257 e. The summed E-state index contributed by atoms with van der Waals surface area (Å²) in [5.41, 5.74) is 1.49. The summed E-state index contributed by atoms with van der Waals surface area (Å²) in [7, 11) is 0. The van der Waals surface area contributed by atoms with Crippen LogP contribution in [0.1, 0.15) is 41.6 Å². The number of likely N-dealkylation sites (tertiary alicyclic amines) is 2. The zero-order chi connectivity index (χ0) is 18.7. The Balaban J connectivity index is 1.36. The molecule has 27 heavy (non-hydrogen) atoms. The van der Waals surface area contributed by atoms with Gasteiger partial charge in [-0.3, -0.25) is 9.59 Å². The van der Waals surface area contributed by atoms with Crippen LogP contribution < -0.4 is 0 Å². The largest absolute Gasteiger partial charge is 0.472 e. The molecule has 0 unspecified atom stereocenters. The Kier molecular flexibility index (Phi) is 5.01. The molecule has 1 spiro atoms. The second-order valence-electron chi connectivity index (χ2n) is 7.75. The molecule has 1 aromatic carbocycles. The smallest absolute Gasteiger partial charge is 0.257 e. The second-order valence-corrected chi connectivity index (χ2v) is 7.75. The Morgan fingerprint density at radius 3 is 2.74 bits per heavy atom. The molecule has 0 saturated carbocycles. The van der Waals surface area contributed by atoms with Gasteiger partial charge in [-0.1, -0.05) is 30.3 Å². The molecule has 5 nitrogen and oxygen atoms in total. The Bertz CT molecular complexity index is 787. The van der Waals surface area contributed by atoms with Crippen molar-refractivity contribution in [1.29, 1.82) is 0 Å². The van der Waals surface area contributed by atoms with Crippen molar-refractivity contribution in [2.24, 2.45) is 5.41 Å². The number of nitrogens with zero attached hydrogens (tertiary/aromatic N) is 2. The number of hydrogen-bond acceptors (Lipinski definition) is 3. The lowest BCUT2D eigenvalue weighted by atomic mass is 9.78. The monoisotopic (exact) mass is 366 g/mol. The first-order valence-corrected chi connectivity index (χ1v) is 9.83. The maximum atomic E-state index is 13.2. The molecule has 0 aliphatic carbocycles. The predicted octanol–water partition coefficient (Wildman–Crippen LogP) is 3.37. The van der Waals surface area contributed by atoms with Crippen LogP contribution in [-0.4, -0.2) is 47.8 Å². The Hall–Kier alpha value is -2.56. The van der Waals surface area contributed by atoms with E-state index in [1.807, 2.05) is 15.9 Å². The van der Waals surface area contributed by atoms with E-state index in [0.29, 0.717) is 18.7 Å². The first-order valence-electron chi connectivity index (χ1n) is 9.83. The molecule has 1 aromatic heterocycles. The molecule has 3 heterocycles. The summed E-state index contributed by atoms with van der Waals surface area (Å²) >= 11 is 0. The van der Waals surface area contributed by atoms with Gasteiger partial charge >= 0.3 is 0 Å². The zero-order valence-electron chi connectivity index (χ0n) is 15.6. The van der Waals surface area contributed by atoms with Crippen molar-refractivity contribution in [3.8, 4) is 0 Å². The van der Waals surface area contributed by atoms with E-state index >= 15 is 0 Å². The molecule has 2 aromatic rings. The standard InChI is InChI=1S/C22H26N2O3/c25-20(19-9-15-27-16-19)24-14-11-22(17-24)10-5-13-23(21(22)26)12-4-8-18-6-2-1-3-7-18/h1-3,6-7,9,15-16H,4-5,8,10-14,17H2/t22-/m0/s1. The average Bonchev–Trinajstić information content (AvgIpc) is 3.37. The molecule has 2 aliphatic rings. The third kappa shape index (κ3) is 3.64. The molecule has 2 saturated heterocycles. The fourth-order valence-electron chi connectivity index (χ4n) is 4.48. The summed E-state index contributed by atoms with van der Waals surface area (Å²) in [4.78, 5) is 29.6. The number of piperidine rings is 1. The SMILES string of the molecule is O=C(c1ccoc1)N1CC[C@@]2(CCCN(CCCc3ccccc3)C2=O)C1. The highest BCUT2D eigenvalue weighted by Crippen LogP contribution is 2.40. The first kappa shape index (κ1) is 17.8. The minimum Gasteiger partial charge on any atom is -0.472 e. The van der Waals surface area contributed by atoms with Crippen molar-refractivity contribution in [2.75, 3.05) is 26.2 Å². The topological polar surface area (TPSA) is 53.8 Å². The van der Waals surface area contributed by atoms with Gasteiger partial charge in [0, 0.05) is 26.2 Å². The van der Waals surface area contributed by atoms with Crippen molar-refractivity contribution < 1.29 is 14.0 Å². The number of hydrogen-bond donors (Lipinski definition) is 0. The number of carbonyl (C=O) groups is 2. The van der Waals surface area contributed by atoms with Crippen LogP contribution in [0.3, 0.4) is 0 Å². The van der Waals surface area contributed by atoms with Crippen molar-refractivity contribution in [1.82, 2.24) is 9.80 Å². The van der Waals surface area contributed by atoms with E-state index in [2.05, 4.69) is 24.3 Å². The van der Waals surface area contributed by atoms with Crippen LogP contribution in [0.5, 0.6) is 0 Å². The lowest BCUT2D eigenvalue weighted by molar-refractivity contribution is -0.145. The first-order chi connectivity index (χ1) is 13.2. The van der Waals surface area contributed by atoms with Gasteiger partial charge in [-0.15, -0.1) is 0 Å². The van der Waals surface area contributed by atoms with Crippen molar-refractivity contribution in [2.45, 2.75) is 32.1 Å². The lowest BCUT2D eigenvalue weighted by Gasteiger charge is -2.39. The van der Waals surface area contributed by atoms with E-state index in [1.165, 1.54) is 18.1 Å². The molecule has 0 radical (unpaired) electrons. The molecule has 0 N–H and O–H groups in total. The van der Waals surface area contributed by atoms with E-state index in [4.69, 9.17) is 4.42 Å². The van der Waals surface area contributed by atoms with Gasteiger partial charge in [-0.2, -0.15) is 0 Å². The summed E-state index contributed by atoms with van der Waals surface area (Å²) in [6.07, 6.45) is 7.63. The molecule has 142 valence electrons. The van der Waals surface area contributed by atoms with Crippen molar-refractivity contribution in [3.63, 3.8) is 0 Å². The predicted molar refractivity (Wildman–Crippen MR) is 102 cm³/mol. The molecule has 2 fully saturated rings. The van der Waals surface area contributed by atoms with Crippen LogP contribution in [0.2, 0.25) is 0 Å². The third-order valence-corrected chi connectivity index (χ3v) is 5.97. The Morgan fingerprint density at radius 2 is 1.96 bits per heavy atom. The van der Waals surface area contributed by atoms with Crippen molar-refractivity contribution in [3.05, 3.63) is 60.1 Å². The summed E-state index contributed by atoms with van der Waals surface area (Å²) in [5.74, 6) is 0.207. The number of carbonyl (C=O) groups excluding carboxylic acids is 2. The number of benzene rings is 1. The summed E-state index contributed by atoms with van der Waals surface area (Å²) in [5, 5.41) is 0. The van der Waals surface area contributed by atoms with Crippen LogP contribution in [0.4, 0.5) is 0 Å². The molecule has 2 amide bonds. The van der Waals surface area contributed by atoms with Crippen LogP contribution in [0.15, 0.2) is 53.3 Å². The highest BCUT2D eigenvalue weighted by Gasteiger charge is 2.49. The van der Waals surface area contributed by atoms with Gasteiger partial charge in [-0.05, 0) is 43.7 Å². The van der Waals surface area contributed by atoms with E-state index in [1.54, 1.807) is 6.07 Å². The lowest BCUT2D eigenvalue weighted by Crippen LogP contribution is -2.50. The molecule has 1 atom stereocenters. The van der Waals surface area contributed by atoms with E-state index in [0.717, 1.165) is 45.2 Å². The van der Waals surface area contributed by atoms with Crippen molar-refractivity contribution >= 4 is 11.8 Å². The average molecular weight is 366 g/mol. The van der Waals surface area contributed by atoms with Gasteiger partial charge in [0.15, 0.2) is 0 Å². The number of amides is 2. The highest BCUT2D eigenvalue weighted by molar-refractivity contribution is 5.95. The van der Waals surface area contributed by atoms with Crippen LogP contribution in [0, 0.1) is 5.41 Å². The fourth-order valence-corrected chi connectivity index (χ4v) is 4.48. The molecule has 2 aliphatic heterocycles. The molecule has 0 bridgehead atoms. The minimum absolute atomic E-state index is 0.0328. The Morgan fingerprint density at radius 1 is 1.11 bits per heavy atom. The highest BCUT2D eigenvalue weighted by atomic mass is 16.3. The fraction of sp³-hybridized carbons (Fsp3) is 0.455. The van der Waals surface area contributed by atoms with Crippen LogP contribution in [0.25, 0.3) is 0 Å². The molecule has 5 heteroatoms. The third-order valence-electron chi connectivity index (χ3n) is 5.97. The van der Waals surface area contributed by atoms with Gasteiger partial charge in [0.1, 0.15) is 6.26 Å². The summed E-state index contributed by atoms with van der Waals surface area (Å²) in [6, 6.07) is 12.1. The summed E-state index contributed by atoms with van der Waals surface area (Å²) < 4.78 is 5.03. The zero-order valence-corrected chi connectivity index (χ0v) is 15.6. The number of aryl methyl sites for hydroxylation is 1. The normalized spacial score (nSPS) is 22.6. The van der Waals surface area contributed by atoms with E-state index in [9.17, 15) is 9.59 Å². The van der Waals surface area contributed by atoms with Crippen LogP contribution in [-0.2, 0) is 11.2 Å². The van der Waals surface area contributed by atoms with Gasteiger partial charge in [0.2, 0.25) is 5.91 Å². The van der Waals surface area contributed by atoms with Gasteiger partial charge in [0.25, 0.3) is 5.91 Å². The van der Waals surface area contributed by atoms with Gasteiger partial charge < -0.3 is 14.2 Å². The number of furan rings is 1. The maximum absolute atomic E-state index is 13.2. The van der Waals surface area contributed by atoms with E-state index in [-0.39, 0.29) is 17.2 Å². The van der Waals surface area contributed by atoms with Gasteiger partial charge in [-0.25, -0.2) is 0 Å². The van der Waals surface area contributed by atoms with Crippen LogP contribution >= 0.6 is 0 Å². The molecule has 4 rings (SSSR count). The van der Waals surface area contributed by atoms with Gasteiger partial charge in [0.05, 0.1) is 17.2 Å². The van der Waals surface area contributed by atoms with E-state index < -0.39 is 0 Å². The second kappa shape index (κ2) is 7.59. The Labute approximate surface area is 159 Å². The molecular weight excluding hydrogens is 340 g/mol. The number of rotatable bonds is 5.